The van der Waals surface area contributed by atoms with Crippen LogP contribution < -0.4 is 10.6 Å². The van der Waals surface area contributed by atoms with Crippen LogP contribution in [-0.2, 0) is 39.9 Å². The van der Waals surface area contributed by atoms with Gasteiger partial charge in [-0.25, -0.2) is 4.68 Å². The molecule has 0 saturated heterocycles. The van der Waals surface area contributed by atoms with E-state index in [1.165, 1.54) is 5.56 Å². The zero-order valence-corrected chi connectivity index (χ0v) is 18.7. The number of aromatic nitrogens is 2. The Morgan fingerprint density at radius 3 is 2.42 bits per heavy atom. The minimum Gasteiger partial charge on any atom is -0.350 e. The van der Waals surface area contributed by atoms with Gasteiger partial charge < -0.3 is 10.6 Å². The molecule has 160 valence electrons. The van der Waals surface area contributed by atoms with Crippen molar-refractivity contribution in [1.82, 2.24) is 15.1 Å². The maximum Gasteiger partial charge on any atom is 0.242 e. The number of carbonyl (C=O) groups is 2. The monoisotopic (exact) mass is 452 g/mol. The van der Waals surface area contributed by atoms with E-state index in [1.807, 2.05) is 48.5 Å². The van der Waals surface area contributed by atoms with Crippen molar-refractivity contribution in [2.24, 2.45) is 0 Å². The molecular weight excluding hydrogens is 428 g/mol. The van der Waals surface area contributed by atoms with Crippen LogP contribution in [0.2, 0.25) is 0 Å². The topological polar surface area (TPSA) is 76.0 Å². The zero-order valence-electron chi connectivity index (χ0n) is 17.0. The quantitative estimate of drug-likeness (QED) is 0.516. The number of rotatable bonds is 9. The summed E-state index contributed by atoms with van der Waals surface area (Å²) in [5.41, 5.74) is 4.22. The molecule has 8 heteroatoms. The van der Waals surface area contributed by atoms with Crippen molar-refractivity contribution in [3.63, 3.8) is 0 Å². The second kappa shape index (κ2) is 10.5. The fourth-order valence-corrected chi connectivity index (χ4v) is 5.14. The molecule has 2 N–H and O–H groups in total. The molecule has 0 radical (unpaired) electrons. The van der Waals surface area contributed by atoms with Gasteiger partial charge in [-0.15, -0.1) is 11.8 Å². The Kier molecular flexibility index (Phi) is 7.32. The number of thioether (sulfide) groups is 2. The highest BCUT2D eigenvalue weighted by atomic mass is 32.2. The van der Waals surface area contributed by atoms with E-state index >= 15 is 0 Å². The first kappa shape index (κ1) is 21.5. The van der Waals surface area contributed by atoms with E-state index in [9.17, 15) is 9.59 Å². The number of carbonyl (C=O) groups excluding carboxylic acids is 2. The smallest absolute Gasteiger partial charge is 0.242 e. The Morgan fingerprint density at radius 1 is 0.968 bits per heavy atom. The van der Waals surface area contributed by atoms with Crippen LogP contribution in [0.15, 0.2) is 60.7 Å². The first-order chi connectivity index (χ1) is 15.2. The van der Waals surface area contributed by atoms with Crippen molar-refractivity contribution in [2.45, 2.75) is 30.3 Å². The second-order valence-corrected chi connectivity index (χ2v) is 9.18. The van der Waals surface area contributed by atoms with Crippen molar-refractivity contribution in [1.29, 1.82) is 0 Å². The molecule has 2 aromatic carbocycles. The fourth-order valence-electron chi connectivity index (χ4n) is 3.31. The lowest BCUT2D eigenvalue weighted by Crippen LogP contribution is -2.29. The summed E-state index contributed by atoms with van der Waals surface area (Å²) in [5, 5.41) is 10.5. The third-order valence-electron chi connectivity index (χ3n) is 4.85. The average molecular weight is 453 g/mol. The van der Waals surface area contributed by atoms with Crippen molar-refractivity contribution in [3.05, 3.63) is 83.0 Å². The molecule has 0 bridgehead atoms. The average Bonchev–Trinajstić information content (AvgIpc) is 3.36. The van der Waals surface area contributed by atoms with Crippen molar-refractivity contribution < 1.29 is 9.59 Å². The summed E-state index contributed by atoms with van der Waals surface area (Å²) in [6.07, 6.45) is 0. The van der Waals surface area contributed by atoms with Gasteiger partial charge in [0.05, 0.1) is 11.4 Å². The van der Waals surface area contributed by atoms with Gasteiger partial charge in [-0.2, -0.15) is 16.9 Å². The lowest BCUT2D eigenvalue weighted by molar-refractivity contribution is -0.122. The number of benzene rings is 2. The van der Waals surface area contributed by atoms with Gasteiger partial charge in [-0.05, 0) is 11.1 Å². The van der Waals surface area contributed by atoms with Crippen molar-refractivity contribution >= 4 is 41.2 Å². The number of nitrogens with one attached hydrogen (secondary N) is 2. The van der Waals surface area contributed by atoms with Crippen LogP contribution in [0.1, 0.15) is 22.4 Å². The zero-order chi connectivity index (χ0) is 21.5. The predicted octanol–water partition coefficient (Wildman–Crippen LogP) is 3.82. The number of nitrogens with zero attached hydrogens (tertiary/aromatic N) is 2. The van der Waals surface area contributed by atoms with Crippen molar-refractivity contribution in [3.8, 4) is 0 Å². The van der Waals surface area contributed by atoms with Crippen LogP contribution in [0.5, 0.6) is 0 Å². The van der Waals surface area contributed by atoms with E-state index in [-0.39, 0.29) is 18.4 Å². The van der Waals surface area contributed by atoms with Crippen LogP contribution in [-0.4, -0.2) is 27.3 Å². The minimum atomic E-state index is -0.133. The van der Waals surface area contributed by atoms with Gasteiger partial charge in [0, 0.05) is 29.4 Å². The third-order valence-corrected chi connectivity index (χ3v) is 6.82. The molecule has 1 aliphatic heterocycles. The molecule has 31 heavy (non-hydrogen) atoms. The Morgan fingerprint density at radius 2 is 1.68 bits per heavy atom. The number of amides is 2. The number of hydrogen-bond donors (Lipinski definition) is 2. The predicted molar refractivity (Wildman–Crippen MR) is 127 cm³/mol. The molecule has 0 fully saturated rings. The lowest BCUT2D eigenvalue weighted by Gasteiger charge is -2.11. The Hall–Kier alpha value is -2.71. The highest BCUT2D eigenvalue weighted by molar-refractivity contribution is 7.99. The summed E-state index contributed by atoms with van der Waals surface area (Å²) in [7, 11) is 0. The van der Waals surface area contributed by atoms with Gasteiger partial charge in [0.15, 0.2) is 0 Å². The number of anilines is 1. The Balaban J connectivity index is 1.34. The fraction of sp³-hybridized carbons (Fsp3) is 0.261. The maximum atomic E-state index is 12.6. The highest BCUT2D eigenvalue weighted by Crippen LogP contribution is 2.34. The summed E-state index contributed by atoms with van der Waals surface area (Å²) in [4.78, 5) is 25.1. The maximum absolute atomic E-state index is 12.6. The van der Waals surface area contributed by atoms with E-state index in [2.05, 4.69) is 27.9 Å². The van der Waals surface area contributed by atoms with Gasteiger partial charge in [-0.3, -0.25) is 9.59 Å². The molecule has 3 aromatic rings. The number of fused-ring (bicyclic) bond motifs is 1. The van der Waals surface area contributed by atoms with Crippen molar-refractivity contribution in [2.75, 3.05) is 11.1 Å². The summed E-state index contributed by atoms with van der Waals surface area (Å²) in [6, 6.07) is 19.9. The molecule has 0 atom stereocenters. The van der Waals surface area contributed by atoms with Gasteiger partial charge in [0.1, 0.15) is 12.4 Å². The minimum absolute atomic E-state index is 0.0773. The standard InChI is InChI=1S/C23H24N4O2S2/c28-21(24-11-17-7-3-1-4-8-17)12-27-23(19-14-31-15-20(19)26-27)25-22(29)16-30-13-18-9-5-2-6-10-18/h1-10H,11-16H2,(H,24,28)(H,25,29). The molecular formula is C23H24N4O2S2. The van der Waals surface area contributed by atoms with Crippen LogP contribution in [0.4, 0.5) is 5.82 Å². The van der Waals surface area contributed by atoms with Crippen LogP contribution in [0.25, 0.3) is 0 Å². The van der Waals surface area contributed by atoms with E-state index in [0.29, 0.717) is 18.1 Å². The van der Waals surface area contributed by atoms with Crippen LogP contribution in [0, 0.1) is 0 Å². The molecule has 6 nitrogen and oxygen atoms in total. The Bertz CT molecular complexity index is 1040. The van der Waals surface area contributed by atoms with E-state index < -0.39 is 0 Å². The summed E-state index contributed by atoms with van der Waals surface area (Å²) in [6.45, 7) is 0.547. The molecule has 0 unspecified atom stereocenters. The number of hydrogen-bond acceptors (Lipinski definition) is 5. The molecule has 0 spiro atoms. The molecule has 0 saturated carbocycles. The van der Waals surface area contributed by atoms with Crippen LogP contribution in [0.3, 0.4) is 0 Å². The van der Waals surface area contributed by atoms with E-state index in [0.717, 1.165) is 34.1 Å². The summed E-state index contributed by atoms with van der Waals surface area (Å²) in [5.74, 6) is 3.18. The summed E-state index contributed by atoms with van der Waals surface area (Å²) < 4.78 is 1.63. The highest BCUT2D eigenvalue weighted by Gasteiger charge is 2.24. The SMILES string of the molecule is O=C(Cn1nc2c(c1NC(=O)CSCc1ccccc1)CSC2)NCc1ccccc1. The van der Waals surface area contributed by atoms with Gasteiger partial charge in [0.2, 0.25) is 11.8 Å². The molecule has 1 aromatic heterocycles. The first-order valence-electron chi connectivity index (χ1n) is 10.1. The second-order valence-electron chi connectivity index (χ2n) is 7.21. The van der Waals surface area contributed by atoms with Gasteiger partial charge in [-0.1, -0.05) is 60.7 Å². The molecule has 2 heterocycles. The Labute approximate surface area is 190 Å². The lowest BCUT2D eigenvalue weighted by atomic mass is 10.2. The first-order valence-corrected chi connectivity index (χ1v) is 12.4. The normalized spacial score (nSPS) is 12.4. The molecule has 0 aliphatic carbocycles. The summed E-state index contributed by atoms with van der Waals surface area (Å²) >= 11 is 3.34. The third kappa shape index (κ3) is 5.92. The molecule has 4 rings (SSSR count). The van der Waals surface area contributed by atoms with E-state index in [4.69, 9.17) is 0 Å². The van der Waals surface area contributed by atoms with Gasteiger partial charge in [0.25, 0.3) is 0 Å². The molecule has 1 aliphatic rings. The molecule has 2 amide bonds. The van der Waals surface area contributed by atoms with E-state index in [1.54, 1.807) is 28.2 Å². The largest absolute Gasteiger partial charge is 0.350 e. The van der Waals surface area contributed by atoms with Crippen LogP contribution >= 0.6 is 23.5 Å². The van der Waals surface area contributed by atoms with Gasteiger partial charge >= 0.3 is 0 Å².